The maximum absolute atomic E-state index is 14.3. The highest BCUT2D eigenvalue weighted by atomic mass is 16.5. The van der Waals surface area contributed by atoms with Gasteiger partial charge < -0.3 is 40.6 Å². The van der Waals surface area contributed by atoms with Crippen molar-refractivity contribution in [1.82, 2.24) is 30.7 Å². The number of urea groups is 1. The lowest BCUT2D eigenvalue weighted by Crippen LogP contribution is -2.69. The van der Waals surface area contributed by atoms with E-state index in [1.807, 2.05) is 54.7 Å². The number of carbonyl (C=O) groups is 3. The molecule has 4 aromatic rings. The zero-order chi connectivity index (χ0) is 31.8. The van der Waals surface area contributed by atoms with Crippen molar-refractivity contribution in [2.24, 2.45) is 0 Å². The molecule has 11 nitrogen and oxygen atoms in total. The first kappa shape index (κ1) is 31.1. The molecular formula is C34H38N6O5. The maximum Gasteiger partial charge on any atom is 0.316 e. The number of H-pyrrole nitrogens is 1. The number of aromatic hydroxyl groups is 1. The third-order valence-electron chi connectivity index (χ3n) is 7.81. The number of phenols is 1. The van der Waals surface area contributed by atoms with E-state index < -0.39 is 18.2 Å². The molecule has 0 bridgehead atoms. The van der Waals surface area contributed by atoms with Gasteiger partial charge in [-0.15, -0.1) is 6.58 Å². The third kappa shape index (κ3) is 7.63. The average molecular weight is 611 g/mol. The van der Waals surface area contributed by atoms with Gasteiger partial charge in [-0.05, 0) is 47.0 Å². The van der Waals surface area contributed by atoms with Crippen LogP contribution in [-0.4, -0.2) is 76.7 Å². The van der Waals surface area contributed by atoms with Crippen molar-refractivity contribution in [2.45, 2.75) is 31.7 Å². The Morgan fingerprint density at radius 3 is 2.60 bits per heavy atom. The highest BCUT2D eigenvalue weighted by Gasteiger charge is 2.43. The normalized spacial score (nSPS) is 16.4. The van der Waals surface area contributed by atoms with Crippen LogP contribution in [0.3, 0.4) is 0 Å². The Bertz CT molecular complexity index is 1640. The molecule has 3 aromatic carbocycles. The predicted molar refractivity (Wildman–Crippen MR) is 171 cm³/mol. The zero-order valence-electron chi connectivity index (χ0n) is 25.2. The molecule has 45 heavy (non-hydrogen) atoms. The third-order valence-corrected chi connectivity index (χ3v) is 7.81. The fourth-order valence-corrected chi connectivity index (χ4v) is 5.55. The van der Waals surface area contributed by atoms with E-state index in [1.165, 1.54) is 4.90 Å². The van der Waals surface area contributed by atoms with Crippen LogP contribution in [0, 0.1) is 0 Å². The number of rotatable bonds is 12. The number of nitrogens with one attached hydrogen (secondary N) is 4. The van der Waals surface area contributed by atoms with E-state index in [4.69, 9.17) is 4.74 Å². The molecule has 11 heteroatoms. The summed E-state index contributed by atoms with van der Waals surface area (Å²) in [5.41, 5.74) is 3.46. The summed E-state index contributed by atoms with van der Waals surface area (Å²) in [5, 5.41) is 19.6. The molecule has 5 rings (SSSR count). The van der Waals surface area contributed by atoms with Crippen LogP contribution >= 0.6 is 0 Å². The molecule has 234 valence electrons. The molecule has 1 fully saturated rings. The Balaban J connectivity index is 1.46. The highest BCUT2D eigenvalue weighted by molar-refractivity contribution is 5.91. The molecule has 0 spiro atoms. The summed E-state index contributed by atoms with van der Waals surface area (Å²) in [7, 11) is 1.60. The molecule has 1 aliphatic heterocycles. The van der Waals surface area contributed by atoms with Crippen molar-refractivity contribution < 1.29 is 24.2 Å². The monoisotopic (exact) mass is 610 g/mol. The number of nitrogens with zero attached hydrogens (tertiary/aromatic N) is 2. The van der Waals surface area contributed by atoms with E-state index >= 15 is 0 Å². The smallest absolute Gasteiger partial charge is 0.316 e. The first-order valence-corrected chi connectivity index (χ1v) is 14.8. The summed E-state index contributed by atoms with van der Waals surface area (Å²) in [5.74, 6) is 0.206. The number of methoxy groups -OCH3 is 1. The number of fused-ring (bicyclic) bond motifs is 1. The number of ether oxygens (including phenoxy) is 1. The van der Waals surface area contributed by atoms with Gasteiger partial charge in [-0.25, -0.2) is 4.79 Å². The highest BCUT2D eigenvalue weighted by Crippen LogP contribution is 2.28. The number of piperazine rings is 1. The minimum atomic E-state index is -0.916. The Labute approximate surface area is 261 Å². The molecule has 0 unspecified atom stereocenters. The minimum Gasteiger partial charge on any atom is -0.508 e. The van der Waals surface area contributed by atoms with E-state index in [9.17, 15) is 19.5 Å². The molecule has 4 amide bonds. The average Bonchev–Trinajstić information content (AvgIpc) is 3.45. The first-order chi connectivity index (χ1) is 21.9. The second-order valence-corrected chi connectivity index (χ2v) is 10.9. The van der Waals surface area contributed by atoms with Gasteiger partial charge in [-0.3, -0.25) is 9.59 Å². The Morgan fingerprint density at radius 2 is 1.87 bits per heavy atom. The van der Waals surface area contributed by atoms with Gasteiger partial charge in [0.2, 0.25) is 11.8 Å². The molecule has 1 aromatic heterocycles. The minimum absolute atomic E-state index is 0.0442. The SMILES string of the molecule is C=CCNCC(=O)N1[C@@H](NC(=O)NCc2ccccc2)CN(Cc2c[nH]c3ccc(OC)cc23)C(=O)[C@@H]1Cc1ccc(O)cc1. The quantitative estimate of drug-likeness (QED) is 0.123. The molecule has 0 aliphatic carbocycles. The second kappa shape index (κ2) is 14.5. The van der Waals surface area contributed by atoms with Gasteiger partial charge in [0.1, 0.15) is 23.7 Å². The van der Waals surface area contributed by atoms with Gasteiger partial charge in [-0.2, -0.15) is 0 Å². The van der Waals surface area contributed by atoms with Crippen LogP contribution in [-0.2, 0) is 29.1 Å². The van der Waals surface area contributed by atoms with Crippen molar-refractivity contribution in [3.8, 4) is 11.5 Å². The van der Waals surface area contributed by atoms with Gasteiger partial charge in [-0.1, -0.05) is 48.5 Å². The number of aromatic nitrogens is 1. The van der Waals surface area contributed by atoms with Crippen LogP contribution in [0.25, 0.3) is 10.9 Å². The second-order valence-electron chi connectivity index (χ2n) is 10.9. The van der Waals surface area contributed by atoms with E-state index in [0.29, 0.717) is 18.8 Å². The van der Waals surface area contributed by atoms with Crippen molar-refractivity contribution in [2.75, 3.05) is 26.7 Å². The number of aromatic amines is 1. The van der Waals surface area contributed by atoms with E-state index in [2.05, 4.69) is 27.5 Å². The fraction of sp³-hybridized carbons (Fsp3) is 0.265. The summed E-state index contributed by atoms with van der Waals surface area (Å²) in [6.45, 7) is 4.68. The molecule has 0 radical (unpaired) electrons. The zero-order valence-corrected chi connectivity index (χ0v) is 25.2. The summed E-state index contributed by atoms with van der Waals surface area (Å²) in [4.78, 5) is 47.6. The van der Waals surface area contributed by atoms with E-state index in [-0.39, 0.29) is 43.6 Å². The number of phenolic OH excluding ortho intramolecular Hbond substituents is 1. The maximum atomic E-state index is 14.3. The lowest BCUT2D eigenvalue weighted by atomic mass is 9.99. The van der Waals surface area contributed by atoms with Gasteiger partial charge in [0.15, 0.2) is 0 Å². The number of hydrogen-bond acceptors (Lipinski definition) is 6. The summed E-state index contributed by atoms with van der Waals surface area (Å²) >= 11 is 0. The van der Waals surface area contributed by atoms with E-state index in [1.54, 1.807) is 42.4 Å². The largest absolute Gasteiger partial charge is 0.508 e. The van der Waals surface area contributed by atoms with Gasteiger partial charge in [0.25, 0.3) is 0 Å². The molecule has 1 aliphatic rings. The molecule has 2 atom stereocenters. The summed E-state index contributed by atoms with van der Waals surface area (Å²) < 4.78 is 5.42. The topological polar surface area (TPSA) is 139 Å². The molecule has 1 saturated heterocycles. The predicted octanol–water partition coefficient (Wildman–Crippen LogP) is 3.27. The van der Waals surface area contributed by atoms with Crippen LogP contribution in [0.4, 0.5) is 4.79 Å². The van der Waals surface area contributed by atoms with Gasteiger partial charge in [0.05, 0.1) is 20.2 Å². The van der Waals surface area contributed by atoms with Crippen LogP contribution < -0.4 is 20.7 Å². The summed E-state index contributed by atoms with van der Waals surface area (Å²) in [6, 6.07) is 20.4. The standard InChI is InChI=1S/C34H38N6O5/c1-3-15-35-20-32(42)40-30(16-23-9-11-26(41)12-10-23)33(43)39(21-25-19-36-29-14-13-27(45-2)17-28(25)29)22-31(40)38-34(44)37-18-24-7-5-4-6-8-24/h3-14,17,19,30-31,35-36,41H,1,15-16,18,20-22H2,2H3,(H2,37,38,44)/t30-,31+/m0/s1. The fourth-order valence-electron chi connectivity index (χ4n) is 5.55. The molecular weight excluding hydrogens is 572 g/mol. The Hall–Kier alpha value is -5.29. The van der Waals surface area contributed by atoms with Gasteiger partial charge >= 0.3 is 6.03 Å². The number of hydrogen-bond donors (Lipinski definition) is 5. The lowest BCUT2D eigenvalue weighted by Gasteiger charge is -2.46. The molecule has 0 saturated carbocycles. The summed E-state index contributed by atoms with van der Waals surface area (Å²) in [6.07, 6.45) is 2.87. The Morgan fingerprint density at radius 1 is 1.09 bits per heavy atom. The van der Waals surface area contributed by atoms with Crippen LogP contribution in [0.2, 0.25) is 0 Å². The molecule has 2 heterocycles. The van der Waals surface area contributed by atoms with E-state index in [0.717, 1.165) is 27.6 Å². The van der Waals surface area contributed by atoms with Crippen molar-refractivity contribution in [3.05, 3.63) is 108 Å². The van der Waals surface area contributed by atoms with Crippen LogP contribution in [0.15, 0.2) is 91.6 Å². The number of benzene rings is 3. The van der Waals surface area contributed by atoms with Crippen molar-refractivity contribution >= 4 is 28.7 Å². The number of carbonyl (C=O) groups excluding carboxylic acids is 3. The van der Waals surface area contributed by atoms with Crippen molar-refractivity contribution in [3.63, 3.8) is 0 Å². The van der Waals surface area contributed by atoms with Crippen molar-refractivity contribution in [1.29, 1.82) is 0 Å². The molecule has 5 N–H and O–H groups in total. The number of amides is 4. The van der Waals surface area contributed by atoms with Crippen LogP contribution in [0.5, 0.6) is 11.5 Å². The van der Waals surface area contributed by atoms with Gasteiger partial charge in [0, 0.05) is 43.2 Å². The Kier molecular flexibility index (Phi) is 10.0. The lowest BCUT2D eigenvalue weighted by molar-refractivity contribution is -0.156. The first-order valence-electron chi connectivity index (χ1n) is 14.8. The van der Waals surface area contributed by atoms with Crippen LogP contribution in [0.1, 0.15) is 16.7 Å².